The first kappa shape index (κ1) is 23.9. The molecule has 0 N–H and O–H groups in total. The van der Waals surface area contributed by atoms with Gasteiger partial charge in [0.2, 0.25) is 5.90 Å². The normalized spacial score (nSPS) is 17.7. The SMILES string of the molecule is CCOC(=O)C(C/C=C/CC1(c2ccccc2)N=C(c2ccccc2)OC1=O)C(=O)OCC. The Hall–Kier alpha value is -3.74. The van der Waals surface area contributed by atoms with Crippen molar-refractivity contribution in [1.82, 2.24) is 0 Å². The highest BCUT2D eigenvalue weighted by Gasteiger charge is 2.47. The maximum Gasteiger partial charge on any atom is 0.345 e. The third-order valence-electron chi connectivity index (χ3n) is 5.19. The van der Waals surface area contributed by atoms with E-state index in [1.165, 1.54) is 0 Å². The number of rotatable bonds is 10. The molecule has 0 amide bonds. The van der Waals surface area contributed by atoms with E-state index in [1.807, 2.05) is 60.7 Å². The number of nitrogens with zero attached hydrogens (tertiary/aromatic N) is 1. The molecular weight excluding hydrogens is 422 g/mol. The molecule has 0 saturated carbocycles. The molecule has 7 heteroatoms. The van der Waals surface area contributed by atoms with Crippen LogP contribution < -0.4 is 0 Å². The maximum absolute atomic E-state index is 13.1. The summed E-state index contributed by atoms with van der Waals surface area (Å²) in [5.41, 5.74) is 0.141. The Kier molecular flexibility index (Phi) is 8.13. The summed E-state index contributed by atoms with van der Waals surface area (Å²) in [7, 11) is 0. The molecule has 7 nitrogen and oxygen atoms in total. The van der Waals surface area contributed by atoms with Crippen molar-refractivity contribution in [2.24, 2.45) is 10.9 Å². The van der Waals surface area contributed by atoms with Crippen molar-refractivity contribution in [2.45, 2.75) is 32.2 Å². The van der Waals surface area contributed by atoms with Crippen LogP contribution in [0, 0.1) is 5.92 Å². The van der Waals surface area contributed by atoms with Crippen LogP contribution >= 0.6 is 0 Å². The number of ether oxygens (including phenoxy) is 3. The van der Waals surface area contributed by atoms with Crippen LogP contribution in [-0.2, 0) is 34.1 Å². The standard InChI is InChI=1S/C26H27NO6/c1-3-31-23(28)21(24(29)32-4-2)17-11-12-18-26(20-15-9-6-10-16-20)25(30)33-22(27-26)19-13-7-5-8-14-19/h5-16,21H,3-4,17-18H2,1-2H3/b12-11+. The quantitative estimate of drug-likeness (QED) is 0.236. The summed E-state index contributed by atoms with van der Waals surface area (Å²) >= 11 is 0. The van der Waals surface area contributed by atoms with Gasteiger partial charge in [-0.15, -0.1) is 0 Å². The number of allylic oxidation sites excluding steroid dienone is 1. The Morgan fingerprint density at radius 2 is 1.52 bits per heavy atom. The molecule has 1 heterocycles. The van der Waals surface area contributed by atoms with Crippen molar-refractivity contribution in [1.29, 1.82) is 0 Å². The highest BCUT2D eigenvalue weighted by Crippen LogP contribution is 2.37. The average Bonchev–Trinajstić information content (AvgIpc) is 3.17. The van der Waals surface area contributed by atoms with Crippen LogP contribution in [0.2, 0.25) is 0 Å². The maximum atomic E-state index is 13.1. The number of aliphatic imine (C=N–C) groups is 1. The van der Waals surface area contributed by atoms with Crippen LogP contribution in [0.5, 0.6) is 0 Å². The minimum absolute atomic E-state index is 0.0901. The zero-order chi connectivity index (χ0) is 23.7. The van der Waals surface area contributed by atoms with Crippen molar-refractivity contribution < 1.29 is 28.6 Å². The van der Waals surface area contributed by atoms with Crippen LogP contribution in [0.1, 0.15) is 37.8 Å². The molecule has 0 saturated heterocycles. The van der Waals surface area contributed by atoms with Gasteiger partial charge in [0, 0.05) is 12.0 Å². The third kappa shape index (κ3) is 5.55. The highest BCUT2D eigenvalue weighted by molar-refractivity contribution is 6.08. The number of carbonyl (C=O) groups excluding carboxylic acids is 3. The summed E-state index contributed by atoms with van der Waals surface area (Å²) < 4.78 is 15.6. The van der Waals surface area contributed by atoms with Gasteiger partial charge in [-0.25, -0.2) is 9.79 Å². The summed E-state index contributed by atoms with van der Waals surface area (Å²) in [5.74, 6) is -2.56. The van der Waals surface area contributed by atoms with E-state index in [9.17, 15) is 14.4 Å². The van der Waals surface area contributed by atoms with Gasteiger partial charge in [0.15, 0.2) is 11.5 Å². The minimum atomic E-state index is -1.26. The fourth-order valence-electron chi connectivity index (χ4n) is 3.52. The Morgan fingerprint density at radius 1 is 0.939 bits per heavy atom. The molecule has 2 aromatic carbocycles. The number of hydrogen-bond donors (Lipinski definition) is 0. The first-order chi connectivity index (χ1) is 16.0. The molecule has 0 aromatic heterocycles. The summed E-state index contributed by atoms with van der Waals surface area (Å²) in [5, 5.41) is 0. The smallest absolute Gasteiger partial charge is 0.345 e. The first-order valence-corrected chi connectivity index (χ1v) is 10.9. The minimum Gasteiger partial charge on any atom is -0.465 e. The molecular formula is C26H27NO6. The van der Waals surface area contributed by atoms with E-state index in [-0.39, 0.29) is 32.0 Å². The Morgan fingerprint density at radius 3 is 2.09 bits per heavy atom. The van der Waals surface area contributed by atoms with Crippen LogP contribution in [0.3, 0.4) is 0 Å². The van der Waals surface area contributed by atoms with Gasteiger partial charge in [-0.3, -0.25) is 9.59 Å². The lowest BCUT2D eigenvalue weighted by molar-refractivity contribution is -0.161. The van der Waals surface area contributed by atoms with E-state index in [0.717, 1.165) is 0 Å². The molecule has 0 fully saturated rings. The fourth-order valence-corrected chi connectivity index (χ4v) is 3.52. The molecule has 1 aliphatic rings. The monoisotopic (exact) mass is 449 g/mol. The Labute approximate surface area is 193 Å². The van der Waals surface area contributed by atoms with E-state index in [1.54, 1.807) is 26.0 Å². The second-order valence-corrected chi connectivity index (χ2v) is 7.37. The topological polar surface area (TPSA) is 91.3 Å². The molecule has 3 rings (SSSR count). The van der Waals surface area contributed by atoms with E-state index in [2.05, 4.69) is 0 Å². The lowest BCUT2D eigenvalue weighted by Crippen LogP contribution is -2.30. The lowest BCUT2D eigenvalue weighted by atomic mass is 9.87. The zero-order valence-corrected chi connectivity index (χ0v) is 18.7. The number of hydrogen-bond acceptors (Lipinski definition) is 7. The molecule has 1 unspecified atom stereocenters. The van der Waals surface area contributed by atoms with Crippen molar-refractivity contribution in [2.75, 3.05) is 13.2 Å². The van der Waals surface area contributed by atoms with E-state index >= 15 is 0 Å². The van der Waals surface area contributed by atoms with Gasteiger partial charge in [0.05, 0.1) is 13.2 Å². The summed E-state index contributed by atoms with van der Waals surface area (Å²) in [6.07, 6.45) is 3.70. The van der Waals surface area contributed by atoms with Gasteiger partial charge in [0.1, 0.15) is 0 Å². The van der Waals surface area contributed by atoms with Crippen molar-refractivity contribution >= 4 is 23.8 Å². The average molecular weight is 450 g/mol. The van der Waals surface area contributed by atoms with E-state index in [0.29, 0.717) is 11.1 Å². The van der Waals surface area contributed by atoms with Crippen molar-refractivity contribution in [3.05, 3.63) is 83.9 Å². The third-order valence-corrected chi connectivity index (χ3v) is 5.19. The van der Waals surface area contributed by atoms with Gasteiger partial charge >= 0.3 is 17.9 Å². The Balaban J connectivity index is 1.85. The molecule has 2 aromatic rings. The molecule has 1 atom stereocenters. The van der Waals surface area contributed by atoms with Gasteiger partial charge in [-0.1, -0.05) is 60.7 Å². The number of carbonyl (C=O) groups is 3. The zero-order valence-electron chi connectivity index (χ0n) is 18.7. The predicted octanol–water partition coefficient (Wildman–Crippen LogP) is 3.96. The first-order valence-electron chi connectivity index (χ1n) is 10.9. The van der Waals surface area contributed by atoms with Gasteiger partial charge in [-0.2, -0.15) is 0 Å². The van der Waals surface area contributed by atoms with Crippen LogP contribution in [0.25, 0.3) is 0 Å². The van der Waals surface area contributed by atoms with Crippen molar-refractivity contribution in [3.63, 3.8) is 0 Å². The van der Waals surface area contributed by atoms with Gasteiger partial charge < -0.3 is 14.2 Å². The summed E-state index contributed by atoms with van der Waals surface area (Å²) in [4.78, 5) is 42.2. The fraction of sp³-hybridized carbons (Fsp3) is 0.308. The summed E-state index contributed by atoms with van der Waals surface area (Å²) in [6, 6.07) is 18.4. The predicted molar refractivity (Wildman–Crippen MR) is 122 cm³/mol. The molecule has 172 valence electrons. The number of esters is 3. The second-order valence-electron chi connectivity index (χ2n) is 7.37. The highest BCUT2D eigenvalue weighted by atomic mass is 16.6. The molecule has 1 aliphatic heterocycles. The van der Waals surface area contributed by atoms with Crippen LogP contribution in [-0.4, -0.2) is 37.0 Å². The second kappa shape index (κ2) is 11.2. The molecule has 0 radical (unpaired) electrons. The Bertz CT molecular complexity index is 1010. The van der Waals surface area contributed by atoms with Crippen LogP contribution in [0.15, 0.2) is 77.8 Å². The van der Waals surface area contributed by atoms with Gasteiger partial charge in [-0.05, 0) is 38.0 Å². The lowest BCUT2D eigenvalue weighted by Gasteiger charge is -2.21. The largest absolute Gasteiger partial charge is 0.465 e. The van der Waals surface area contributed by atoms with Gasteiger partial charge in [0.25, 0.3) is 0 Å². The van der Waals surface area contributed by atoms with E-state index in [4.69, 9.17) is 19.2 Å². The molecule has 0 spiro atoms. The number of benzene rings is 2. The van der Waals surface area contributed by atoms with E-state index < -0.39 is 29.4 Å². The van der Waals surface area contributed by atoms with Crippen molar-refractivity contribution in [3.8, 4) is 0 Å². The summed E-state index contributed by atoms with van der Waals surface area (Å²) in [6.45, 7) is 3.68. The van der Waals surface area contributed by atoms with Crippen LogP contribution in [0.4, 0.5) is 0 Å². The molecule has 33 heavy (non-hydrogen) atoms. The molecule has 0 aliphatic carbocycles. The number of cyclic esters (lactones) is 1. The molecule has 0 bridgehead atoms.